The summed E-state index contributed by atoms with van der Waals surface area (Å²) in [5, 5.41) is 21.2. The van der Waals surface area contributed by atoms with Crippen LogP contribution in [0.3, 0.4) is 0 Å². The van der Waals surface area contributed by atoms with Gasteiger partial charge in [0.15, 0.2) is 6.29 Å². The van der Waals surface area contributed by atoms with Crippen LogP contribution in [0.5, 0.6) is 0 Å². The Kier molecular flexibility index (Phi) is 3.69. The first kappa shape index (κ1) is 19.1. The van der Waals surface area contributed by atoms with Crippen LogP contribution in [0.4, 0.5) is 0 Å². The van der Waals surface area contributed by atoms with Crippen molar-refractivity contribution < 1.29 is 19.7 Å². The quantitative estimate of drug-likeness (QED) is 0.677. The fraction of sp³-hybridized carbons (Fsp3) is 0.560. The molecule has 4 heteroatoms. The van der Waals surface area contributed by atoms with Gasteiger partial charge in [-0.1, -0.05) is 57.6 Å². The Hall–Kier alpha value is -1.91. The van der Waals surface area contributed by atoms with Gasteiger partial charge in [-0.15, -0.1) is 0 Å². The molecule has 1 saturated heterocycles. The van der Waals surface area contributed by atoms with Crippen LogP contribution in [-0.4, -0.2) is 29.1 Å². The summed E-state index contributed by atoms with van der Waals surface area (Å²) < 4.78 is 5.95. The van der Waals surface area contributed by atoms with Gasteiger partial charge in [0.2, 0.25) is 0 Å². The number of aliphatic hydroxyl groups is 1. The van der Waals surface area contributed by atoms with Crippen molar-refractivity contribution >= 4 is 5.97 Å². The van der Waals surface area contributed by atoms with Gasteiger partial charge in [-0.25, -0.2) is 4.79 Å². The van der Waals surface area contributed by atoms with E-state index in [-0.39, 0.29) is 5.41 Å². The number of carbonyl (C=O) groups is 1. The molecule has 2 fully saturated rings. The second-order valence-corrected chi connectivity index (χ2v) is 10.3. The van der Waals surface area contributed by atoms with Crippen LogP contribution in [0.15, 0.2) is 58.2 Å². The molecule has 1 saturated carbocycles. The third-order valence-corrected chi connectivity index (χ3v) is 8.85. The first-order valence-electron chi connectivity index (χ1n) is 10.7. The van der Waals surface area contributed by atoms with Gasteiger partial charge in [0.1, 0.15) is 0 Å². The molecule has 0 aromatic carbocycles. The SMILES string of the molecule is CC1=C(C(=O)O)C2(C)CC=C3C(=CC=C4C5(C)CCCC34C(O)OC5)C2(C)C=C1. The zero-order valence-corrected chi connectivity index (χ0v) is 17.7. The van der Waals surface area contributed by atoms with E-state index in [1.807, 2.05) is 13.0 Å². The van der Waals surface area contributed by atoms with E-state index in [0.717, 1.165) is 36.0 Å². The molecule has 1 heterocycles. The molecular formula is C25H30O4. The van der Waals surface area contributed by atoms with Gasteiger partial charge in [0, 0.05) is 21.8 Å². The Morgan fingerprint density at radius 1 is 1.17 bits per heavy atom. The highest BCUT2D eigenvalue weighted by Gasteiger charge is 2.63. The topological polar surface area (TPSA) is 66.8 Å². The molecule has 0 amide bonds. The highest BCUT2D eigenvalue weighted by Crippen LogP contribution is 2.69. The molecule has 154 valence electrons. The molecule has 1 aliphatic heterocycles. The normalized spacial score (nSPS) is 45.4. The summed E-state index contributed by atoms with van der Waals surface area (Å²) in [5.74, 6) is -0.838. The third kappa shape index (κ3) is 2.04. The van der Waals surface area contributed by atoms with Crippen LogP contribution in [0.25, 0.3) is 0 Å². The fourth-order valence-corrected chi connectivity index (χ4v) is 7.05. The van der Waals surface area contributed by atoms with Crippen LogP contribution < -0.4 is 0 Å². The maximum Gasteiger partial charge on any atom is 0.332 e. The monoisotopic (exact) mass is 394 g/mol. The minimum absolute atomic E-state index is 0.0485. The molecule has 4 nitrogen and oxygen atoms in total. The number of fused-ring (bicyclic) bond motifs is 3. The minimum atomic E-state index is -0.853. The predicted molar refractivity (Wildman–Crippen MR) is 111 cm³/mol. The molecule has 2 bridgehead atoms. The standard InChI is InChI=1S/C25H30O4/c1-15-8-12-23(3)16-6-7-18-22(2)10-5-11-25(18,21(28)29-14-22)17(16)9-13-24(23,4)19(15)20(26)27/h6-9,12,21,28H,5,10-11,13-14H2,1-4H3,(H,26,27). The molecule has 4 aliphatic carbocycles. The number of ether oxygens (including phenoxy) is 1. The van der Waals surface area contributed by atoms with Crippen LogP contribution in [0.1, 0.15) is 53.4 Å². The number of carboxylic acids is 1. The lowest BCUT2D eigenvalue weighted by molar-refractivity contribution is -0.210. The highest BCUT2D eigenvalue weighted by atomic mass is 16.6. The van der Waals surface area contributed by atoms with Gasteiger partial charge in [0.05, 0.1) is 12.0 Å². The van der Waals surface area contributed by atoms with Gasteiger partial charge in [-0.2, -0.15) is 0 Å². The molecule has 5 aliphatic rings. The summed E-state index contributed by atoms with van der Waals surface area (Å²) in [6.07, 6.45) is 13.6. The number of aliphatic carboxylic acids is 1. The van der Waals surface area contributed by atoms with Crippen molar-refractivity contribution in [2.24, 2.45) is 21.7 Å². The van der Waals surface area contributed by atoms with Crippen molar-refractivity contribution in [1.82, 2.24) is 0 Å². The Bertz CT molecular complexity index is 979. The van der Waals surface area contributed by atoms with Crippen molar-refractivity contribution in [1.29, 1.82) is 0 Å². The van der Waals surface area contributed by atoms with E-state index in [4.69, 9.17) is 4.74 Å². The number of aliphatic hydroxyl groups excluding tert-OH is 1. The summed E-state index contributed by atoms with van der Waals surface area (Å²) in [5.41, 5.74) is 3.36. The van der Waals surface area contributed by atoms with Crippen molar-refractivity contribution in [3.63, 3.8) is 0 Å². The number of allylic oxidation sites excluding steroid dienone is 7. The lowest BCUT2D eigenvalue weighted by atomic mass is 9.44. The lowest BCUT2D eigenvalue weighted by Gasteiger charge is -2.61. The first-order valence-corrected chi connectivity index (χ1v) is 10.7. The third-order valence-electron chi connectivity index (χ3n) is 8.85. The molecule has 0 aromatic heterocycles. The minimum Gasteiger partial charge on any atom is -0.478 e. The average Bonchev–Trinajstić information content (AvgIpc) is 2.66. The summed E-state index contributed by atoms with van der Waals surface area (Å²) in [6, 6.07) is 0. The molecule has 5 rings (SSSR count). The van der Waals surface area contributed by atoms with Crippen molar-refractivity contribution in [2.45, 2.75) is 59.7 Å². The highest BCUT2D eigenvalue weighted by molar-refractivity contribution is 5.91. The van der Waals surface area contributed by atoms with Gasteiger partial charge < -0.3 is 14.9 Å². The zero-order valence-electron chi connectivity index (χ0n) is 17.7. The van der Waals surface area contributed by atoms with E-state index in [9.17, 15) is 15.0 Å². The maximum absolute atomic E-state index is 12.2. The van der Waals surface area contributed by atoms with E-state index in [2.05, 4.69) is 45.1 Å². The lowest BCUT2D eigenvalue weighted by Crippen LogP contribution is -2.58. The zero-order chi connectivity index (χ0) is 20.8. The van der Waals surface area contributed by atoms with Crippen molar-refractivity contribution in [2.75, 3.05) is 6.61 Å². The van der Waals surface area contributed by atoms with Crippen LogP contribution in [0, 0.1) is 21.7 Å². The van der Waals surface area contributed by atoms with Crippen molar-refractivity contribution in [3.05, 3.63) is 58.2 Å². The Morgan fingerprint density at radius 2 is 1.93 bits per heavy atom. The number of hydrogen-bond acceptors (Lipinski definition) is 3. The van der Waals surface area contributed by atoms with E-state index >= 15 is 0 Å². The second-order valence-electron chi connectivity index (χ2n) is 10.3. The summed E-state index contributed by atoms with van der Waals surface area (Å²) in [4.78, 5) is 12.2. The van der Waals surface area contributed by atoms with Crippen molar-refractivity contribution in [3.8, 4) is 0 Å². The van der Waals surface area contributed by atoms with E-state index in [1.54, 1.807) is 0 Å². The molecule has 29 heavy (non-hydrogen) atoms. The second kappa shape index (κ2) is 5.61. The molecule has 2 N–H and O–H groups in total. The van der Waals surface area contributed by atoms with Gasteiger partial charge in [-0.05, 0) is 48.5 Å². The number of hydrogen-bond donors (Lipinski definition) is 2. The van der Waals surface area contributed by atoms with E-state index < -0.39 is 28.5 Å². The molecule has 0 aromatic rings. The summed E-state index contributed by atoms with van der Waals surface area (Å²) >= 11 is 0. The van der Waals surface area contributed by atoms with E-state index in [0.29, 0.717) is 18.6 Å². The van der Waals surface area contributed by atoms with Gasteiger partial charge in [0.25, 0.3) is 0 Å². The van der Waals surface area contributed by atoms with Crippen LogP contribution >= 0.6 is 0 Å². The van der Waals surface area contributed by atoms with E-state index in [1.165, 1.54) is 5.57 Å². The average molecular weight is 395 g/mol. The maximum atomic E-state index is 12.2. The molecule has 0 spiro atoms. The van der Waals surface area contributed by atoms with Gasteiger partial charge >= 0.3 is 5.97 Å². The molecule has 5 unspecified atom stereocenters. The van der Waals surface area contributed by atoms with Crippen LogP contribution in [0.2, 0.25) is 0 Å². The van der Waals surface area contributed by atoms with Crippen LogP contribution in [-0.2, 0) is 9.53 Å². The Balaban J connectivity index is 1.76. The Labute approximate surface area is 172 Å². The fourth-order valence-electron chi connectivity index (χ4n) is 7.05. The smallest absolute Gasteiger partial charge is 0.332 e. The molecular weight excluding hydrogens is 364 g/mol. The number of rotatable bonds is 1. The summed E-state index contributed by atoms with van der Waals surface area (Å²) in [7, 11) is 0. The largest absolute Gasteiger partial charge is 0.478 e. The van der Waals surface area contributed by atoms with Gasteiger partial charge in [-0.3, -0.25) is 0 Å². The first-order chi connectivity index (χ1) is 13.6. The Morgan fingerprint density at radius 3 is 2.66 bits per heavy atom. The number of carboxylic acid groups (broad SMARTS) is 1. The molecule has 5 atom stereocenters. The summed E-state index contributed by atoms with van der Waals surface area (Å²) in [6.45, 7) is 8.93. The molecule has 0 radical (unpaired) electrons. The predicted octanol–water partition coefficient (Wildman–Crippen LogP) is 4.69.